The van der Waals surface area contributed by atoms with Gasteiger partial charge in [-0.1, -0.05) is 35.9 Å². The molecule has 1 aliphatic heterocycles. The Hall–Kier alpha value is -2.70. The van der Waals surface area contributed by atoms with Gasteiger partial charge in [0.05, 0.1) is 35.6 Å². The van der Waals surface area contributed by atoms with Crippen molar-refractivity contribution in [2.75, 3.05) is 25.2 Å². The second-order valence-electron chi connectivity index (χ2n) is 6.43. The van der Waals surface area contributed by atoms with Crippen LogP contribution in [0.25, 0.3) is 0 Å². The van der Waals surface area contributed by atoms with E-state index in [1.165, 1.54) is 5.01 Å². The first-order chi connectivity index (χ1) is 12.9. The summed E-state index contributed by atoms with van der Waals surface area (Å²) < 4.78 is 5.37. The van der Waals surface area contributed by atoms with Crippen LogP contribution in [0.4, 0.5) is 5.69 Å². The van der Waals surface area contributed by atoms with Crippen LogP contribution in [0.3, 0.4) is 0 Å². The molecule has 4 N–H and O–H groups in total. The number of para-hydroxylation sites is 2. The number of hydrogen-bond donors (Lipinski definition) is 2. The van der Waals surface area contributed by atoms with E-state index in [1.807, 2.05) is 43.3 Å². The van der Waals surface area contributed by atoms with Gasteiger partial charge in [0.1, 0.15) is 5.75 Å². The second kappa shape index (κ2) is 7.90. The average molecular weight is 387 g/mol. The maximum absolute atomic E-state index is 12.9. The van der Waals surface area contributed by atoms with Crippen molar-refractivity contribution >= 4 is 23.2 Å². The van der Waals surface area contributed by atoms with Gasteiger partial charge in [-0.2, -0.15) is 0 Å². The van der Waals surface area contributed by atoms with Crippen LogP contribution in [0.1, 0.15) is 22.3 Å². The standard InChI is InChI=1S/C20H23ClN4O2/c1-13-6-5-7-14(19(13)21)20(26)24-11-10-16(15(22)12-24)25(23)17-8-3-4-9-18(17)27-2/h3-9H,10-12,22-23H2,1-2H3. The maximum Gasteiger partial charge on any atom is 0.255 e. The largest absolute Gasteiger partial charge is 0.495 e. The molecule has 0 bridgehead atoms. The molecule has 2 aromatic rings. The Morgan fingerprint density at radius 1 is 1.22 bits per heavy atom. The summed E-state index contributed by atoms with van der Waals surface area (Å²) in [5, 5.41) is 2.01. The van der Waals surface area contributed by atoms with Gasteiger partial charge in [0.2, 0.25) is 0 Å². The molecule has 7 heteroatoms. The maximum atomic E-state index is 12.9. The lowest BCUT2D eigenvalue weighted by Gasteiger charge is -2.33. The van der Waals surface area contributed by atoms with Crippen molar-refractivity contribution in [3.05, 3.63) is 70.0 Å². The summed E-state index contributed by atoms with van der Waals surface area (Å²) in [7, 11) is 1.59. The minimum atomic E-state index is -0.133. The monoisotopic (exact) mass is 386 g/mol. The van der Waals surface area contributed by atoms with Gasteiger partial charge in [-0.3, -0.25) is 9.80 Å². The SMILES string of the molecule is COc1ccccc1N(N)C1=C(N)CN(C(=O)c2cccc(C)c2Cl)CC1. The van der Waals surface area contributed by atoms with Crippen LogP contribution < -0.4 is 21.3 Å². The highest BCUT2D eigenvalue weighted by Gasteiger charge is 2.27. The zero-order valence-electron chi connectivity index (χ0n) is 15.4. The Balaban J connectivity index is 1.83. The summed E-state index contributed by atoms with van der Waals surface area (Å²) in [5.74, 6) is 6.83. The molecule has 0 unspecified atom stereocenters. The highest BCUT2D eigenvalue weighted by Crippen LogP contribution is 2.31. The lowest BCUT2D eigenvalue weighted by Crippen LogP contribution is -2.44. The molecule has 0 aliphatic carbocycles. The number of rotatable bonds is 4. The van der Waals surface area contributed by atoms with Crippen molar-refractivity contribution in [2.45, 2.75) is 13.3 Å². The number of hydrazine groups is 1. The minimum Gasteiger partial charge on any atom is -0.495 e. The van der Waals surface area contributed by atoms with Crippen molar-refractivity contribution in [1.29, 1.82) is 0 Å². The first kappa shape index (κ1) is 19.1. The summed E-state index contributed by atoms with van der Waals surface area (Å²) in [5.41, 5.74) is 9.68. The number of anilines is 1. The molecule has 0 saturated heterocycles. The van der Waals surface area contributed by atoms with Crippen LogP contribution in [0.2, 0.25) is 5.02 Å². The van der Waals surface area contributed by atoms with Gasteiger partial charge in [-0.05, 0) is 30.7 Å². The number of amides is 1. The number of halogens is 1. The fraction of sp³-hybridized carbons (Fsp3) is 0.250. The van der Waals surface area contributed by atoms with E-state index in [2.05, 4.69) is 0 Å². The van der Waals surface area contributed by atoms with Crippen LogP contribution in [-0.4, -0.2) is 31.0 Å². The van der Waals surface area contributed by atoms with E-state index >= 15 is 0 Å². The van der Waals surface area contributed by atoms with E-state index in [-0.39, 0.29) is 5.91 Å². The predicted molar refractivity (Wildman–Crippen MR) is 108 cm³/mol. The number of benzene rings is 2. The molecule has 2 aromatic carbocycles. The third-order valence-electron chi connectivity index (χ3n) is 4.70. The number of carbonyl (C=O) groups is 1. The fourth-order valence-electron chi connectivity index (χ4n) is 3.18. The van der Waals surface area contributed by atoms with Gasteiger partial charge < -0.3 is 15.4 Å². The van der Waals surface area contributed by atoms with Crippen LogP contribution in [-0.2, 0) is 0 Å². The summed E-state index contributed by atoms with van der Waals surface area (Å²) in [4.78, 5) is 14.6. The zero-order chi connectivity index (χ0) is 19.6. The van der Waals surface area contributed by atoms with Gasteiger partial charge in [-0.25, -0.2) is 5.84 Å². The fourth-order valence-corrected chi connectivity index (χ4v) is 3.39. The lowest BCUT2D eigenvalue weighted by molar-refractivity contribution is 0.0762. The summed E-state index contributed by atoms with van der Waals surface area (Å²) >= 11 is 6.30. The number of methoxy groups -OCH3 is 1. The number of ether oxygens (including phenoxy) is 1. The van der Waals surface area contributed by atoms with Crippen LogP contribution in [0.5, 0.6) is 5.75 Å². The highest BCUT2D eigenvalue weighted by atomic mass is 35.5. The Morgan fingerprint density at radius 2 is 1.96 bits per heavy atom. The van der Waals surface area contributed by atoms with Crippen molar-refractivity contribution in [2.24, 2.45) is 11.6 Å². The number of nitrogens with two attached hydrogens (primary N) is 2. The number of carbonyl (C=O) groups excluding carboxylic acids is 1. The lowest BCUT2D eigenvalue weighted by atomic mass is 10.1. The first-order valence-corrected chi connectivity index (χ1v) is 9.01. The van der Waals surface area contributed by atoms with Crippen molar-refractivity contribution in [3.8, 4) is 5.75 Å². The number of aryl methyl sites for hydroxylation is 1. The topological polar surface area (TPSA) is 84.8 Å². The molecule has 1 heterocycles. The van der Waals surface area contributed by atoms with E-state index in [1.54, 1.807) is 18.1 Å². The number of hydrogen-bond acceptors (Lipinski definition) is 5. The molecule has 0 radical (unpaired) electrons. The van der Waals surface area contributed by atoms with E-state index < -0.39 is 0 Å². The molecular formula is C20H23ClN4O2. The quantitative estimate of drug-likeness (QED) is 0.623. The molecule has 0 spiro atoms. The third-order valence-corrected chi connectivity index (χ3v) is 5.20. The Bertz CT molecular complexity index is 897. The molecule has 0 aromatic heterocycles. The molecular weight excluding hydrogens is 364 g/mol. The average Bonchev–Trinajstić information content (AvgIpc) is 2.69. The minimum absolute atomic E-state index is 0.133. The highest BCUT2D eigenvalue weighted by molar-refractivity contribution is 6.34. The molecule has 6 nitrogen and oxygen atoms in total. The summed E-state index contributed by atoms with van der Waals surface area (Å²) in [6.07, 6.45) is 0.537. The van der Waals surface area contributed by atoms with Crippen LogP contribution in [0.15, 0.2) is 53.9 Å². The van der Waals surface area contributed by atoms with Gasteiger partial charge in [0, 0.05) is 18.7 Å². The predicted octanol–water partition coefficient (Wildman–Crippen LogP) is 3.05. The van der Waals surface area contributed by atoms with Crippen LogP contribution >= 0.6 is 11.6 Å². The second-order valence-corrected chi connectivity index (χ2v) is 6.80. The molecule has 0 fully saturated rings. The molecule has 142 valence electrons. The molecule has 1 amide bonds. The molecule has 27 heavy (non-hydrogen) atoms. The van der Waals surface area contributed by atoms with E-state index in [0.717, 1.165) is 16.9 Å². The van der Waals surface area contributed by atoms with Crippen LogP contribution in [0, 0.1) is 6.92 Å². The van der Waals surface area contributed by atoms with E-state index in [0.29, 0.717) is 41.5 Å². The Morgan fingerprint density at radius 3 is 2.67 bits per heavy atom. The summed E-state index contributed by atoms with van der Waals surface area (Å²) in [6, 6.07) is 12.9. The number of nitrogens with zero attached hydrogens (tertiary/aromatic N) is 2. The zero-order valence-corrected chi connectivity index (χ0v) is 16.2. The third kappa shape index (κ3) is 3.72. The normalized spacial score (nSPS) is 14.3. The molecule has 3 rings (SSSR count). The van der Waals surface area contributed by atoms with E-state index in [4.69, 9.17) is 27.9 Å². The Kier molecular flexibility index (Phi) is 5.58. The smallest absolute Gasteiger partial charge is 0.255 e. The van der Waals surface area contributed by atoms with Crippen molar-refractivity contribution in [3.63, 3.8) is 0 Å². The molecule has 1 aliphatic rings. The van der Waals surface area contributed by atoms with E-state index in [9.17, 15) is 4.79 Å². The Labute approximate surface area is 163 Å². The summed E-state index contributed by atoms with van der Waals surface area (Å²) in [6.45, 7) is 2.67. The van der Waals surface area contributed by atoms with Crippen molar-refractivity contribution < 1.29 is 9.53 Å². The van der Waals surface area contributed by atoms with Gasteiger partial charge in [-0.15, -0.1) is 0 Å². The molecule has 0 atom stereocenters. The molecule has 0 saturated carbocycles. The van der Waals surface area contributed by atoms with Gasteiger partial charge in [0.25, 0.3) is 5.91 Å². The first-order valence-electron chi connectivity index (χ1n) is 8.63. The van der Waals surface area contributed by atoms with Gasteiger partial charge in [0.15, 0.2) is 0 Å². The van der Waals surface area contributed by atoms with Crippen molar-refractivity contribution in [1.82, 2.24) is 4.90 Å². The van der Waals surface area contributed by atoms with Gasteiger partial charge >= 0.3 is 0 Å².